The molecular weight excluding hydrogens is 457 g/mol. The van der Waals surface area contributed by atoms with Crippen molar-refractivity contribution in [3.05, 3.63) is 113 Å². The zero-order chi connectivity index (χ0) is 25.6. The first kappa shape index (κ1) is 22.4. The topological polar surface area (TPSA) is 51.5 Å². The predicted molar refractivity (Wildman–Crippen MR) is 144 cm³/mol. The third-order valence-electron chi connectivity index (χ3n) is 8.63. The molecular formula is C32H26BNO3. The Balaban J connectivity index is 1.57. The van der Waals surface area contributed by atoms with Crippen molar-refractivity contribution in [2.24, 2.45) is 0 Å². The second kappa shape index (κ2) is 7.35. The number of nitrogens with zero attached hydrogens (tertiary/aromatic N) is 1. The largest absolute Gasteiger partial charge is 0.494 e. The number of rotatable bonds is 1. The Hall–Kier alpha value is -3.85. The Kier molecular flexibility index (Phi) is 4.44. The average Bonchev–Trinajstić information content (AvgIpc) is 3.31. The van der Waals surface area contributed by atoms with Crippen molar-refractivity contribution in [3.8, 4) is 28.7 Å². The molecule has 37 heavy (non-hydrogen) atoms. The minimum Gasteiger partial charge on any atom is -0.457 e. The Bertz CT molecular complexity index is 1590. The van der Waals surface area contributed by atoms with Gasteiger partial charge in [0.1, 0.15) is 11.5 Å². The van der Waals surface area contributed by atoms with Gasteiger partial charge in [-0.15, -0.1) is 0 Å². The van der Waals surface area contributed by atoms with E-state index in [0.29, 0.717) is 5.56 Å². The van der Waals surface area contributed by atoms with Gasteiger partial charge in [-0.1, -0.05) is 66.7 Å². The number of benzene rings is 4. The van der Waals surface area contributed by atoms with Gasteiger partial charge < -0.3 is 14.0 Å². The fourth-order valence-electron chi connectivity index (χ4n) is 6.18. The Morgan fingerprint density at radius 2 is 1.27 bits per heavy atom. The third kappa shape index (κ3) is 2.80. The van der Waals surface area contributed by atoms with Crippen molar-refractivity contribution in [2.75, 3.05) is 0 Å². The van der Waals surface area contributed by atoms with Crippen LogP contribution in [-0.2, 0) is 14.7 Å². The first-order valence-corrected chi connectivity index (χ1v) is 12.7. The minimum atomic E-state index is -0.636. The highest BCUT2D eigenvalue weighted by Crippen LogP contribution is 2.62. The van der Waals surface area contributed by atoms with Crippen LogP contribution in [0, 0.1) is 11.3 Å². The van der Waals surface area contributed by atoms with E-state index >= 15 is 0 Å². The smallest absolute Gasteiger partial charge is 0.457 e. The number of nitriles is 1. The molecule has 1 spiro atoms. The number of hydrogen-bond donors (Lipinski definition) is 0. The van der Waals surface area contributed by atoms with Gasteiger partial charge in [0.2, 0.25) is 0 Å². The third-order valence-corrected chi connectivity index (χ3v) is 8.63. The summed E-state index contributed by atoms with van der Waals surface area (Å²) in [6.07, 6.45) is 0. The molecule has 0 saturated carbocycles. The highest BCUT2D eigenvalue weighted by atomic mass is 16.7. The van der Waals surface area contributed by atoms with Crippen molar-refractivity contribution in [2.45, 2.75) is 44.3 Å². The van der Waals surface area contributed by atoms with Crippen LogP contribution >= 0.6 is 0 Å². The molecule has 2 heterocycles. The number of fused-ring (bicyclic) bond motifs is 9. The second-order valence-electron chi connectivity index (χ2n) is 11.1. The molecule has 1 fully saturated rings. The Labute approximate surface area is 217 Å². The Morgan fingerprint density at radius 1 is 0.676 bits per heavy atom. The van der Waals surface area contributed by atoms with E-state index < -0.39 is 23.7 Å². The zero-order valence-corrected chi connectivity index (χ0v) is 21.3. The van der Waals surface area contributed by atoms with Gasteiger partial charge in [0, 0.05) is 16.7 Å². The van der Waals surface area contributed by atoms with E-state index in [1.54, 1.807) is 0 Å². The number of ether oxygens (including phenoxy) is 1. The molecule has 4 aromatic carbocycles. The lowest BCUT2D eigenvalue weighted by atomic mass is 9.65. The maximum absolute atomic E-state index is 10.1. The molecule has 0 bridgehead atoms. The monoisotopic (exact) mass is 483 g/mol. The first-order valence-electron chi connectivity index (χ1n) is 12.7. The minimum absolute atomic E-state index is 0.441. The lowest BCUT2D eigenvalue weighted by Gasteiger charge is -2.39. The maximum atomic E-state index is 10.1. The van der Waals surface area contributed by atoms with Crippen LogP contribution in [0.3, 0.4) is 0 Å². The molecule has 0 atom stereocenters. The molecule has 0 unspecified atom stereocenters. The lowest BCUT2D eigenvalue weighted by molar-refractivity contribution is 0.00578. The summed E-state index contributed by atoms with van der Waals surface area (Å²) in [6, 6.07) is 31.4. The van der Waals surface area contributed by atoms with Crippen molar-refractivity contribution in [3.63, 3.8) is 0 Å². The highest BCUT2D eigenvalue weighted by molar-refractivity contribution is 6.62. The first-order chi connectivity index (χ1) is 17.8. The summed E-state index contributed by atoms with van der Waals surface area (Å²) in [5, 5.41) is 10.1. The van der Waals surface area contributed by atoms with Crippen LogP contribution in [0.15, 0.2) is 84.9 Å². The summed E-state index contributed by atoms with van der Waals surface area (Å²) in [5.41, 5.74) is 6.48. The van der Waals surface area contributed by atoms with Gasteiger partial charge in [0.15, 0.2) is 0 Å². The zero-order valence-electron chi connectivity index (χ0n) is 21.3. The van der Waals surface area contributed by atoms with E-state index in [4.69, 9.17) is 14.0 Å². The van der Waals surface area contributed by atoms with Crippen molar-refractivity contribution in [1.82, 2.24) is 0 Å². The summed E-state index contributed by atoms with van der Waals surface area (Å²) in [6.45, 7) is 8.29. The number of para-hydroxylation sites is 2. The normalized spacial score (nSPS) is 18.8. The van der Waals surface area contributed by atoms with Crippen molar-refractivity contribution < 1.29 is 14.0 Å². The quantitative estimate of drug-likeness (QED) is 0.257. The molecule has 0 radical (unpaired) electrons. The average molecular weight is 483 g/mol. The van der Waals surface area contributed by atoms with Crippen LogP contribution in [0.1, 0.15) is 55.5 Å². The molecule has 4 nitrogen and oxygen atoms in total. The van der Waals surface area contributed by atoms with Crippen LogP contribution in [0.5, 0.6) is 11.5 Å². The van der Waals surface area contributed by atoms with Gasteiger partial charge in [0.25, 0.3) is 0 Å². The van der Waals surface area contributed by atoms with Gasteiger partial charge in [-0.05, 0) is 68.0 Å². The SMILES string of the molecule is CC1(C)OB(c2ccc3c(c2)C2(c4ccccc4Oc4ccccc42)c2cccc(C#N)c2-3)OC1(C)C. The van der Waals surface area contributed by atoms with Gasteiger partial charge in [-0.2, -0.15) is 5.26 Å². The molecule has 1 aliphatic carbocycles. The highest BCUT2D eigenvalue weighted by Gasteiger charge is 2.54. The maximum Gasteiger partial charge on any atom is 0.494 e. The van der Waals surface area contributed by atoms with E-state index in [0.717, 1.165) is 50.3 Å². The molecule has 180 valence electrons. The second-order valence-corrected chi connectivity index (χ2v) is 11.1. The van der Waals surface area contributed by atoms with Crippen LogP contribution in [0.25, 0.3) is 11.1 Å². The summed E-state index contributed by atoms with van der Waals surface area (Å²) >= 11 is 0. The van der Waals surface area contributed by atoms with Gasteiger partial charge in [-0.3, -0.25) is 0 Å². The standard InChI is InChI=1S/C32H26BNO3/c1-30(2)31(3,4)37-33(36-30)21-16-17-22-26(18-21)32(25-13-9-10-20(19-34)29(22)25)23-11-5-7-14-27(23)35-28-15-8-6-12-24(28)32/h5-18H,1-4H3. The molecule has 0 amide bonds. The molecule has 4 aromatic rings. The van der Waals surface area contributed by atoms with Crippen molar-refractivity contribution >= 4 is 12.6 Å². The predicted octanol–water partition coefficient (Wildman–Crippen LogP) is 6.33. The summed E-state index contributed by atoms with van der Waals surface area (Å²) in [5.74, 6) is 1.65. The van der Waals surface area contributed by atoms with Crippen LogP contribution < -0.4 is 10.2 Å². The summed E-state index contributed by atoms with van der Waals surface area (Å²) in [4.78, 5) is 0. The molecule has 5 heteroatoms. The van der Waals surface area contributed by atoms with E-state index in [1.165, 1.54) is 0 Å². The van der Waals surface area contributed by atoms with Crippen LogP contribution in [0.4, 0.5) is 0 Å². The van der Waals surface area contributed by atoms with E-state index in [9.17, 15) is 5.26 Å². The molecule has 1 saturated heterocycles. The van der Waals surface area contributed by atoms with Crippen LogP contribution in [0.2, 0.25) is 0 Å². The fourth-order valence-corrected chi connectivity index (χ4v) is 6.18. The summed E-state index contributed by atoms with van der Waals surface area (Å²) in [7, 11) is -0.489. The van der Waals surface area contributed by atoms with E-state index in [1.807, 2.05) is 36.4 Å². The fraction of sp³-hybridized carbons (Fsp3) is 0.219. The van der Waals surface area contributed by atoms with E-state index in [2.05, 4.69) is 82.3 Å². The molecule has 0 aromatic heterocycles. The Morgan fingerprint density at radius 3 is 1.89 bits per heavy atom. The van der Waals surface area contributed by atoms with E-state index in [-0.39, 0.29) is 0 Å². The van der Waals surface area contributed by atoms with Gasteiger partial charge in [0.05, 0.1) is 28.2 Å². The molecule has 0 N–H and O–H groups in total. The van der Waals surface area contributed by atoms with Gasteiger partial charge in [-0.25, -0.2) is 0 Å². The summed E-state index contributed by atoms with van der Waals surface area (Å²) < 4.78 is 19.3. The number of hydrogen-bond acceptors (Lipinski definition) is 4. The molecule has 7 rings (SSSR count). The van der Waals surface area contributed by atoms with Gasteiger partial charge >= 0.3 is 7.12 Å². The van der Waals surface area contributed by atoms with Crippen LogP contribution in [-0.4, -0.2) is 18.3 Å². The molecule has 3 aliphatic rings. The lowest BCUT2D eigenvalue weighted by Crippen LogP contribution is -2.41. The van der Waals surface area contributed by atoms with Crippen molar-refractivity contribution in [1.29, 1.82) is 5.26 Å². The molecule has 2 aliphatic heterocycles.